The second-order valence-corrected chi connectivity index (χ2v) is 5.39. The van der Waals surface area contributed by atoms with Crippen molar-refractivity contribution in [3.8, 4) is 5.75 Å². The van der Waals surface area contributed by atoms with Crippen molar-refractivity contribution in [2.75, 3.05) is 6.61 Å². The van der Waals surface area contributed by atoms with E-state index in [-0.39, 0.29) is 12.5 Å². The molecule has 0 aromatic heterocycles. The molecular weight excluding hydrogens is 290 g/mol. The fourth-order valence-corrected chi connectivity index (χ4v) is 2.24. The third-order valence-corrected chi connectivity index (χ3v) is 3.50. The van der Waals surface area contributed by atoms with Crippen LogP contribution >= 0.6 is 0 Å². The minimum Gasteiger partial charge on any atom is -0.484 e. The van der Waals surface area contributed by atoms with Gasteiger partial charge in [-0.25, -0.2) is 9.79 Å². The number of nitrogens with zero attached hydrogens (tertiary/aromatic N) is 1. The van der Waals surface area contributed by atoms with Gasteiger partial charge >= 0.3 is 5.97 Å². The first kappa shape index (κ1) is 15.0. The average Bonchev–Trinajstić information content (AvgIpc) is 2.90. The van der Waals surface area contributed by atoms with E-state index in [9.17, 15) is 4.79 Å². The van der Waals surface area contributed by atoms with Gasteiger partial charge in [0.2, 0.25) is 5.90 Å². The van der Waals surface area contributed by atoms with Gasteiger partial charge in [-0.1, -0.05) is 42.0 Å². The van der Waals surface area contributed by atoms with Crippen LogP contribution in [0.5, 0.6) is 5.75 Å². The molecule has 1 aliphatic heterocycles. The number of esters is 1. The van der Waals surface area contributed by atoms with Gasteiger partial charge in [0, 0.05) is 0 Å². The summed E-state index contributed by atoms with van der Waals surface area (Å²) in [5.74, 6) is 0.534. The number of aryl methyl sites for hydroxylation is 2. The van der Waals surface area contributed by atoms with Crippen molar-refractivity contribution >= 4 is 17.9 Å². The molecule has 0 atom stereocenters. The summed E-state index contributed by atoms with van der Waals surface area (Å²) in [7, 11) is 0. The molecule has 116 valence electrons. The second kappa shape index (κ2) is 6.48. The van der Waals surface area contributed by atoms with Gasteiger partial charge in [0.05, 0.1) is 0 Å². The molecule has 0 saturated carbocycles. The molecule has 1 heterocycles. The Balaban J connectivity index is 1.76. The Kier molecular flexibility index (Phi) is 4.24. The highest BCUT2D eigenvalue weighted by molar-refractivity contribution is 6.07. The van der Waals surface area contributed by atoms with E-state index in [0.29, 0.717) is 11.4 Å². The number of hydrogen-bond acceptors (Lipinski definition) is 4. The molecule has 0 bridgehead atoms. The Morgan fingerprint density at radius 2 is 1.91 bits per heavy atom. The number of rotatable bonds is 4. The Morgan fingerprint density at radius 1 is 1.13 bits per heavy atom. The summed E-state index contributed by atoms with van der Waals surface area (Å²) in [5.41, 5.74) is 3.47. The van der Waals surface area contributed by atoms with Crippen molar-refractivity contribution < 1.29 is 14.3 Å². The molecule has 0 fully saturated rings. The van der Waals surface area contributed by atoms with Crippen LogP contribution in [0.3, 0.4) is 0 Å². The van der Waals surface area contributed by atoms with Crippen LogP contribution in [-0.2, 0) is 9.53 Å². The molecule has 4 nitrogen and oxygen atoms in total. The predicted octanol–water partition coefficient (Wildman–Crippen LogP) is 3.68. The highest BCUT2D eigenvalue weighted by Crippen LogP contribution is 2.19. The number of carbonyl (C=O) groups excluding carboxylic acids is 1. The standard InChI is InChI=1S/C19H17NO3/c1-13-8-9-14(2)15(10-13)11-17-19(21)23-18(20-17)12-22-16-6-4-3-5-7-16/h3-11H,12H2,1-2H3/b17-11+. The zero-order chi connectivity index (χ0) is 16.2. The maximum Gasteiger partial charge on any atom is 0.363 e. The topological polar surface area (TPSA) is 47.9 Å². The molecule has 2 aromatic rings. The first-order chi connectivity index (χ1) is 11.1. The van der Waals surface area contributed by atoms with Gasteiger partial charge in [-0.2, -0.15) is 0 Å². The largest absolute Gasteiger partial charge is 0.484 e. The Hall–Kier alpha value is -2.88. The lowest BCUT2D eigenvalue weighted by molar-refractivity contribution is -0.130. The number of hydrogen-bond donors (Lipinski definition) is 0. The molecule has 0 aliphatic carbocycles. The van der Waals surface area contributed by atoms with Gasteiger partial charge in [-0.3, -0.25) is 0 Å². The predicted molar refractivity (Wildman–Crippen MR) is 89.4 cm³/mol. The minimum atomic E-state index is -0.447. The van der Waals surface area contributed by atoms with Crippen LogP contribution in [0.1, 0.15) is 16.7 Å². The fourth-order valence-electron chi connectivity index (χ4n) is 2.24. The second-order valence-electron chi connectivity index (χ2n) is 5.39. The summed E-state index contributed by atoms with van der Waals surface area (Å²) < 4.78 is 10.7. The first-order valence-corrected chi connectivity index (χ1v) is 7.38. The third kappa shape index (κ3) is 3.66. The number of carbonyl (C=O) groups is 1. The van der Waals surface area contributed by atoms with E-state index in [0.717, 1.165) is 16.7 Å². The first-order valence-electron chi connectivity index (χ1n) is 7.38. The van der Waals surface area contributed by atoms with Crippen molar-refractivity contribution in [3.63, 3.8) is 0 Å². The van der Waals surface area contributed by atoms with Gasteiger partial charge in [0.15, 0.2) is 12.3 Å². The molecule has 0 spiro atoms. The van der Waals surface area contributed by atoms with Crippen LogP contribution in [0, 0.1) is 13.8 Å². The third-order valence-electron chi connectivity index (χ3n) is 3.50. The van der Waals surface area contributed by atoms with Crippen LogP contribution in [0.4, 0.5) is 0 Å². The molecule has 2 aromatic carbocycles. The van der Waals surface area contributed by atoms with E-state index < -0.39 is 5.97 Å². The quantitative estimate of drug-likeness (QED) is 0.639. The number of ether oxygens (including phenoxy) is 2. The molecule has 3 rings (SSSR count). The Labute approximate surface area is 135 Å². The lowest BCUT2D eigenvalue weighted by atomic mass is 10.0. The summed E-state index contributed by atoms with van der Waals surface area (Å²) in [6.45, 7) is 4.13. The van der Waals surface area contributed by atoms with Gasteiger partial charge in [0.1, 0.15) is 5.75 Å². The number of para-hydroxylation sites is 1. The van der Waals surface area contributed by atoms with E-state index in [1.807, 2.05) is 62.4 Å². The minimum absolute atomic E-state index is 0.125. The van der Waals surface area contributed by atoms with E-state index >= 15 is 0 Å². The Morgan fingerprint density at radius 3 is 2.70 bits per heavy atom. The van der Waals surface area contributed by atoms with Crippen LogP contribution in [0.15, 0.2) is 59.2 Å². The van der Waals surface area contributed by atoms with Crippen molar-refractivity contribution in [1.29, 1.82) is 0 Å². The number of cyclic esters (lactones) is 1. The molecule has 4 heteroatoms. The van der Waals surface area contributed by atoms with Crippen molar-refractivity contribution in [2.45, 2.75) is 13.8 Å². The molecule has 0 amide bonds. The molecule has 0 N–H and O–H groups in total. The van der Waals surface area contributed by atoms with Crippen LogP contribution in [0.2, 0.25) is 0 Å². The van der Waals surface area contributed by atoms with Crippen LogP contribution < -0.4 is 4.74 Å². The van der Waals surface area contributed by atoms with Gasteiger partial charge in [0.25, 0.3) is 0 Å². The van der Waals surface area contributed by atoms with Crippen LogP contribution in [-0.4, -0.2) is 18.5 Å². The fraction of sp³-hybridized carbons (Fsp3) is 0.158. The smallest absolute Gasteiger partial charge is 0.363 e. The SMILES string of the molecule is Cc1ccc(C)c(/C=C2/N=C(COc3ccccc3)OC2=O)c1. The average molecular weight is 307 g/mol. The zero-order valence-corrected chi connectivity index (χ0v) is 13.1. The molecule has 0 radical (unpaired) electrons. The highest BCUT2D eigenvalue weighted by atomic mass is 16.6. The Bertz CT molecular complexity index is 792. The van der Waals surface area contributed by atoms with E-state index in [1.54, 1.807) is 6.08 Å². The van der Waals surface area contributed by atoms with Gasteiger partial charge in [-0.15, -0.1) is 0 Å². The maximum atomic E-state index is 11.9. The summed E-state index contributed by atoms with van der Waals surface area (Å²) in [6, 6.07) is 15.4. The van der Waals surface area contributed by atoms with Gasteiger partial charge in [-0.05, 0) is 43.2 Å². The van der Waals surface area contributed by atoms with Crippen molar-refractivity contribution in [3.05, 3.63) is 70.9 Å². The highest BCUT2D eigenvalue weighted by Gasteiger charge is 2.23. The number of aliphatic imine (C=N–C) groups is 1. The maximum absolute atomic E-state index is 11.9. The van der Waals surface area contributed by atoms with Gasteiger partial charge < -0.3 is 9.47 Å². The summed E-state index contributed by atoms with van der Waals surface area (Å²) >= 11 is 0. The number of benzene rings is 2. The monoisotopic (exact) mass is 307 g/mol. The molecular formula is C19H17NO3. The molecule has 1 aliphatic rings. The van der Waals surface area contributed by atoms with E-state index in [4.69, 9.17) is 9.47 Å². The van der Waals surface area contributed by atoms with Crippen LogP contribution in [0.25, 0.3) is 6.08 Å². The summed E-state index contributed by atoms with van der Waals surface area (Å²) in [6.07, 6.45) is 1.75. The normalized spacial score (nSPS) is 15.5. The van der Waals surface area contributed by atoms with Crippen molar-refractivity contribution in [1.82, 2.24) is 0 Å². The van der Waals surface area contributed by atoms with E-state index in [2.05, 4.69) is 4.99 Å². The molecule has 0 saturated heterocycles. The molecule has 0 unspecified atom stereocenters. The molecule has 23 heavy (non-hydrogen) atoms. The van der Waals surface area contributed by atoms with Crippen molar-refractivity contribution in [2.24, 2.45) is 4.99 Å². The lowest BCUT2D eigenvalue weighted by Gasteiger charge is -2.03. The lowest BCUT2D eigenvalue weighted by Crippen LogP contribution is -2.13. The zero-order valence-electron chi connectivity index (χ0n) is 13.1. The summed E-state index contributed by atoms with van der Waals surface area (Å²) in [4.78, 5) is 16.2. The summed E-state index contributed by atoms with van der Waals surface area (Å²) in [5, 5.41) is 0. The van der Waals surface area contributed by atoms with E-state index in [1.165, 1.54) is 0 Å².